The van der Waals surface area contributed by atoms with Crippen molar-refractivity contribution in [2.75, 3.05) is 27.8 Å². The molecule has 0 aromatic heterocycles. The Morgan fingerprint density at radius 1 is 1.02 bits per heavy atom. The molecule has 3 aromatic rings. The van der Waals surface area contributed by atoms with Crippen LogP contribution in [-0.4, -0.2) is 94.3 Å². The number of carbonyl (C=O) groups is 4. The molecule has 0 radical (unpaired) electrons. The first-order chi connectivity index (χ1) is 25.2. The fourth-order valence-corrected chi connectivity index (χ4v) is 8.15. The molecular weight excluding hydrogens is 682 g/mol. The molecule has 278 valence electrons. The van der Waals surface area contributed by atoms with Crippen molar-refractivity contribution < 1.29 is 49.1 Å². The molecule has 0 saturated heterocycles. The molecule has 0 fully saturated rings. The molecule has 13 heteroatoms. The molecule has 0 heterocycles. The second-order valence-electron chi connectivity index (χ2n) is 13.9. The van der Waals surface area contributed by atoms with Crippen LogP contribution in [0.5, 0.6) is 11.5 Å². The van der Waals surface area contributed by atoms with Gasteiger partial charge in [-0.05, 0) is 86.7 Å². The van der Waals surface area contributed by atoms with Gasteiger partial charge in [0.2, 0.25) is 5.78 Å². The normalized spacial score (nSPS) is 22.9. The SMILES string of the molecule is CCOC(=O)C(Cc1ccccc1)NCc1ccc(OC)c(-c2ccc(O)c3c2C[C@H]2C[C@H]4C(N(C)C)C(O)=C(C(N)=O)C(=O)[C@@]4(O)C(O)=C2C3=O)c1. The molecule has 6 rings (SSSR count). The molecule has 0 spiro atoms. The Morgan fingerprint density at radius 2 is 1.74 bits per heavy atom. The summed E-state index contributed by atoms with van der Waals surface area (Å²) >= 11 is 0. The molecule has 0 aliphatic heterocycles. The number of aromatic hydroxyl groups is 1. The number of phenols is 1. The number of fused-ring (bicyclic) bond motifs is 3. The average Bonchev–Trinajstić information content (AvgIpc) is 3.12. The minimum Gasteiger partial charge on any atom is -0.510 e. The number of carbonyl (C=O) groups excluding carboxylic acids is 4. The summed E-state index contributed by atoms with van der Waals surface area (Å²) in [5.41, 5.74) is 4.86. The lowest BCUT2D eigenvalue weighted by Gasteiger charge is -2.50. The lowest BCUT2D eigenvalue weighted by Crippen LogP contribution is -2.63. The van der Waals surface area contributed by atoms with Crippen LogP contribution in [0.15, 0.2) is 83.3 Å². The standard InChI is InChI=1S/C40H43N3O10/c1-5-53-39(50)27(16-20-9-7-6-8-10-20)42-19-21-11-14-29(52-4)24(15-21)23-12-13-28(44)31-25(23)17-22-18-26-33(43(2)3)35(46)32(38(41)49)37(48)40(26,51)36(47)30(22)34(31)45/h6-15,22,26-27,33,42,44,46-47,51H,5,16-19H2,1-4H3,(H2,41,49)/t22-,26-,27?,33?,40-/m0/s1. The van der Waals surface area contributed by atoms with Crippen molar-refractivity contribution in [2.24, 2.45) is 17.6 Å². The summed E-state index contributed by atoms with van der Waals surface area (Å²) in [4.78, 5) is 54.6. The Morgan fingerprint density at radius 3 is 2.38 bits per heavy atom. The Labute approximate surface area is 306 Å². The number of nitrogens with one attached hydrogen (secondary N) is 1. The molecule has 7 N–H and O–H groups in total. The number of primary amides is 1. The molecule has 1 amide bonds. The smallest absolute Gasteiger partial charge is 0.323 e. The number of rotatable bonds is 11. The minimum atomic E-state index is -2.73. The van der Waals surface area contributed by atoms with E-state index in [0.717, 1.165) is 11.1 Å². The van der Waals surface area contributed by atoms with E-state index in [1.54, 1.807) is 33.2 Å². The van der Waals surface area contributed by atoms with Crippen molar-refractivity contribution in [1.82, 2.24) is 10.2 Å². The van der Waals surface area contributed by atoms with E-state index in [0.29, 0.717) is 28.9 Å². The second-order valence-corrected chi connectivity index (χ2v) is 13.9. The van der Waals surface area contributed by atoms with E-state index in [1.807, 2.05) is 42.5 Å². The number of methoxy groups -OCH3 is 1. The van der Waals surface area contributed by atoms with Gasteiger partial charge in [-0.25, -0.2) is 0 Å². The highest BCUT2D eigenvalue weighted by Gasteiger charge is 2.63. The lowest BCUT2D eigenvalue weighted by atomic mass is 9.58. The number of Topliss-reactive ketones (excluding diaryl/α,β-unsaturated/α-hetero) is 2. The van der Waals surface area contributed by atoms with E-state index in [4.69, 9.17) is 15.2 Å². The number of esters is 1. The van der Waals surface area contributed by atoms with Crippen LogP contribution in [0, 0.1) is 11.8 Å². The number of allylic oxidation sites excluding steroid dienone is 1. The topological polar surface area (TPSA) is 209 Å². The number of aliphatic hydroxyl groups is 3. The highest BCUT2D eigenvalue weighted by atomic mass is 16.5. The van der Waals surface area contributed by atoms with Gasteiger partial charge in [0.25, 0.3) is 5.91 Å². The zero-order valence-corrected chi connectivity index (χ0v) is 29.9. The molecule has 3 aliphatic rings. The first-order valence-electron chi connectivity index (χ1n) is 17.3. The Kier molecular flexibility index (Phi) is 10.2. The quantitative estimate of drug-likeness (QED) is 0.125. The number of nitrogens with zero attached hydrogens (tertiary/aromatic N) is 1. The largest absolute Gasteiger partial charge is 0.510 e. The van der Waals surface area contributed by atoms with Crippen molar-refractivity contribution in [3.8, 4) is 22.6 Å². The van der Waals surface area contributed by atoms with Crippen molar-refractivity contribution in [3.63, 3.8) is 0 Å². The van der Waals surface area contributed by atoms with Crippen molar-refractivity contribution in [3.05, 3.63) is 106 Å². The van der Waals surface area contributed by atoms with Crippen molar-refractivity contribution in [1.29, 1.82) is 0 Å². The number of benzene rings is 3. The zero-order valence-electron chi connectivity index (χ0n) is 29.9. The van der Waals surface area contributed by atoms with E-state index >= 15 is 0 Å². The summed E-state index contributed by atoms with van der Waals surface area (Å²) in [6.07, 6.45) is 0.471. The van der Waals surface area contributed by atoms with Crippen LogP contribution < -0.4 is 15.8 Å². The molecule has 2 unspecified atom stereocenters. The third kappa shape index (κ3) is 6.34. The van der Waals surface area contributed by atoms with E-state index in [2.05, 4.69) is 5.32 Å². The van der Waals surface area contributed by atoms with Crippen LogP contribution in [0.1, 0.15) is 40.4 Å². The molecule has 3 aromatic carbocycles. The Bertz CT molecular complexity index is 2060. The van der Waals surface area contributed by atoms with Crippen LogP contribution in [0.4, 0.5) is 0 Å². The third-order valence-corrected chi connectivity index (χ3v) is 10.6. The van der Waals surface area contributed by atoms with Gasteiger partial charge in [-0.3, -0.25) is 24.1 Å². The van der Waals surface area contributed by atoms with Gasteiger partial charge in [-0.1, -0.05) is 42.5 Å². The highest BCUT2D eigenvalue weighted by Crippen LogP contribution is 2.53. The van der Waals surface area contributed by atoms with Gasteiger partial charge >= 0.3 is 5.97 Å². The molecule has 53 heavy (non-hydrogen) atoms. The molecular formula is C40H43N3O10. The van der Waals surface area contributed by atoms with Crippen molar-refractivity contribution in [2.45, 2.75) is 50.4 Å². The first kappa shape index (κ1) is 37.3. The summed E-state index contributed by atoms with van der Waals surface area (Å²) in [6, 6.07) is 16.4. The number of likely N-dealkylation sites (N-methyl/N-ethyl adjacent to an activating group) is 1. The summed E-state index contributed by atoms with van der Waals surface area (Å²) in [6.45, 7) is 2.26. The fourth-order valence-electron chi connectivity index (χ4n) is 8.15. The highest BCUT2D eigenvalue weighted by molar-refractivity contribution is 6.25. The van der Waals surface area contributed by atoms with Gasteiger partial charge in [0.05, 0.1) is 25.3 Å². The van der Waals surface area contributed by atoms with E-state index in [1.165, 1.54) is 18.1 Å². The van der Waals surface area contributed by atoms with Crippen LogP contribution in [-0.2, 0) is 38.5 Å². The molecule has 0 bridgehead atoms. The van der Waals surface area contributed by atoms with Gasteiger partial charge < -0.3 is 41.0 Å². The number of hydrogen-bond acceptors (Lipinski definition) is 12. The van der Waals surface area contributed by atoms with E-state index in [9.17, 15) is 39.6 Å². The average molecular weight is 726 g/mol. The number of hydrogen-bond donors (Lipinski definition) is 6. The minimum absolute atomic E-state index is 0.0430. The second kappa shape index (κ2) is 14.5. The predicted octanol–water partition coefficient (Wildman–Crippen LogP) is 3.06. The number of nitrogens with two attached hydrogens (primary N) is 1. The maximum Gasteiger partial charge on any atom is 0.323 e. The molecule has 5 atom stereocenters. The maximum atomic E-state index is 14.3. The molecule has 0 saturated carbocycles. The van der Waals surface area contributed by atoms with Crippen molar-refractivity contribution >= 4 is 23.4 Å². The molecule has 13 nitrogen and oxygen atoms in total. The summed E-state index contributed by atoms with van der Waals surface area (Å²) in [5, 5.41) is 49.0. The van der Waals surface area contributed by atoms with Crippen LogP contribution >= 0.6 is 0 Å². The van der Waals surface area contributed by atoms with Gasteiger partial charge in [-0.15, -0.1) is 0 Å². The molecule has 3 aliphatic carbocycles. The number of aliphatic hydroxyl groups excluding tert-OH is 2. The van der Waals surface area contributed by atoms with Crippen LogP contribution in [0.2, 0.25) is 0 Å². The third-order valence-electron chi connectivity index (χ3n) is 10.6. The van der Waals surface area contributed by atoms with Gasteiger partial charge in [0.15, 0.2) is 11.4 Å². The number of amides is 1. The van der Waals surface area contributed by atoms with Crippen LogP contribution in [0.3, 0.4) is 0 Å². The number of ketones is 2. The lowest BCUT2D eigenvalue weighted by molar-refractivity contribution is -0.148. The monoisotopic (exact) mass is 725 g/mol. The number of ether oxygens (including phenoxy) is 2. The Hall–Kier alpha value is -5.50. The summed E-state index contributed by atoms with van der Waals surface area (Å²) in [5.74, 6) is -7.11. The number of phenolic OH excluding ortho intramolecular Hbond substituents is 1. The van der Waals surface area contributed by atoms with E-state index < -0.39 is 64.1 Å². The van der Waals surface area contributed by atoms with Gasteiger partial charge in [0, 0.05) is 23.6 Å². The fraction of sp³-hybridized carbons (Fsp3) is 0.350. The Balaban J connectivity index is 1.40. The van der Waals surface area contributed by atoms with E-state index in [-0.39, 0.29) is 48.8 Å². The maximum absolute atomic E-state index is 14.3. The summed E-state index contributed by atoms with van der Waals surface area (Å²) < 4.78 is 11.1. The van der Waals surface area contributed by atoms with Crippen LogP contribution in [0.25, 0.3) is 11.1 Å². The van der Waals surface area contributed by atoms with Gasteiger partial charge in [0.1, 0.15) is 34.6 Å². The predicted molar refractivity (Wildman–Crippen MR) is 193 cm³/mol. The summed E-state index contributed by atoms with van der Waals surface area (Å²) in [7, 11) is 4.66. The first-order valence-corrected chi connectivity index (χ1v) is 17.3. The van der Waals surface area contributed by atoms with Gasteiger partial charge in [-0.2, -0.15) is 0 Å². The zero-order chi connectivity index (χ0) is 38.4.